The highest BCUT2D eigenvalue weighted by Gasteiger charge is 2.31. The Balaban J connectivity index is 2.07. The number of hydrogen-bond donors (Lipinski definition) is 1. The summed E-state index contributed by atoms with van der Waals surface area (Å²) >= 11 is 0. The van der Waals surface area contributed by atoms with Gasteiger partial charge in [-0.3, -0.25) is 14.9 Å². The molecule has 148 valence electrons. The predicted molar refractivity (Wildman–Crippen MR) is 88.0 cm³/mol. The summed E-state index contributed by atoms with van der Waals surface area (Å²) in [6, 6.07) is 6.06. The number of nitrogens with zero attached hydrogens (tertiary/aromatic N) is 1. The molecule has 0 radical (unpaired) electrons. The summed E-state index contributed by atoms with van der Waals surface area (Å²) in [5.74, 6) is -3.19. The first-order chi connectivity index (χ1) is 13.0. The molecule has 2 aromatic carbocycles. The Bertz CT molecular complexity index is 930. The van der Waals surface area contributed by atoms with Gasteiger partial charge in [0.25, 0.3) is 5.91 Å². The highest BCUT2D eigenvalue weighted by atomic mass is 19.4. The highest BCUT2D eigenvalue weighted by Crippen LogP contribution is 2.29. The van der Waals surface area contributed by atoms with Crippen LogP contribution in [0.4, 0.5) is 28.9 Å². The molecule has 1 amide bonds. The van der Waals surface area contributed by atoms with Crippen LogP contribution in [0.2, 0.25) is 0 Å². The number of carbonyl (C=O) groups excluding carboxylic acids is 2. The highest BCUT2D eigenvalue weighted by molar-refractivity contribution is 5.97. The van der Waals surface area contributed by atoms with E-state index >= 15 is 0 Å². The van der Waals surface area contributed by atoms with Gasteiger partial charge in [-0.1, -0.05) is 6.07 Å². The van der Waals surface area contributed by atoms with Crippen molar-refractivity contribution in [2.45, 2.75) is 19.2 Å². The van der Waals surface area contributed by atoms with Gasteiger partial charge in [-0.15, -0.1) is 0 Å². The number of nitro groups is 1. The Hall–Kier alpha value is -3.50. The molecule has 0 unspecified atom stereocenters. The maximum absolute atomic E-state index is 13.3. The molecule has 0 aliphatic rings. The molecule has 1 N–H and O–H groups in total. The fourth-order valence-corrected chi connectivity index (χ4v) is 2.08. The second kappa shape index (κ2) is 8.03. The van der Waals surface area contributed by atoms with Gasteiger partial charge in [0.15, 0.2) is 6.10 Å². The molecule has 2 aromatic rings. The molecular formula is C17H12F4N2O5. The maximum Gasteiger partial charge on any atom is 0.416 e. The number of anilines is 1. The van der Waals surface area contributed by atoms with Crippen molar-refractivity contribution in [2.24, 2.45) is 0 Å². The molecule has 0 aliphatic carbocycles. The van der Waals surface area contributed by atoms with Crippen molar-refractivity contribution in [3.63, 3.8) is 0 Å². The summed E-state index contributed by atoms with van der Waals surface area (Å²) in [6.07, 6.45) is -6.09. The molecule has 0 heterocycles. The van der Waals surface area contributed by atoms with Crippen LogP contribution >= 0.6 is 0 Å². The first-order valence-electron chi connectivity index (χ1n) is 7.62. The first kappa shape index (κ1) is 20.8. The number of rotatable bonds is 5. The van der Waals surface area contributed by atoms with E-state index in [0.717, 1.165) is 43.3 Å². The summed E-state index contributed by atoms with van der Waals surface area (Å²) in [6.45, 7) is 1.15. The quantitative estimate of drug-likeness (QED) is 0.355. The molecule has 28 heavy (non-hydrogen) atoms. The lowest BCUT2D eigenvalue weighted by Crippen LogP contribution is -2.30. The van der Waals surface area contributed by atoms with E-state index in [1.54, 1.807) is 0 Å². The van der Waals surface area contributed by atoms with Crippen molar-refractivity contribution in [3.8, 4) is 0 Å². The van der Waals surface area contributed by atoms with E-state index in [1.165, 1.54) is 0 Å². The normalized spacial score (nSPS) is 12.2. The van der Waals surface area contributed by atoms with Crippen LogP contribution in [0.1, 0.15) is 22.8 Å². The van der Waals surface area contributed by atoms with Crippen LogP contribution in [0.3, 0.4) is 0 Å². The zero-order valence-corrected chi connectivity index (χ0v) is 14.1. The van der Waals surface area contributed by atoms with Gasteiger partial charge in [0.1, 0.15) is 0 Å². The topological polar surface area (TPSA) is 98.5 Å². The van der Waals surface area contributed by atoms with E-state index in [4.69, 9.17) is 4.74 Å². The second-order valence-corrected chi connectivity index (χ2v) is 5.54. The molecule has 2 rings (SSSR count). The number of amides is 1. The number of ether oxygens (including phenoxy) is 1. The molecule has 0 bridgehead atoms. The lowest BCUT2D eigenvalue weighted by molar-refractivity contribution is -0.387. The van der Waals surface area contributed by atoms with Crippen molar-refractivity contribution in [2.75, 3.05) is 5.32 Å². The molecule has 0 saturated carbocycles. The maximum atomic E-state index is 13.3. The van der Waals surface area contributed by atoms with Gasteiger partial charge in [-0.05, 0) is 37.3 Å². The minimum absolute atomic E-state index is 0.125. The van der Waals surface area contributed by atoms with E-state index in [1.807, 2.05) is 0 Å². The Morgan fingerprint density at radius 2 is 1.86 bits per heavy atom. The molecule has 0 spiro atoms. The largest absolute Gasteiger partial charge is 0.449 e. The molecular weight excluding hydrogens is 388 g/mol. The number of esters is 1. The number of halogens is 4. The summed E-state index contributed by atoms with van der Waals surface area (Å²) < 4.78 is 56.2. The number of alkyl halides is 3. The van der Waals surface area contributed by atoms with Crippen molar-refractivity contribution in [3.05, 3.63) is 69.5 Å². The van der Waals surface area contributed by atoms with E-state index in [9.17, 15) is 37.3 Å². The third kappa shape index (κ3) is 5.02. The fourth-order valence-electron chi connectivity index (χ4n) is 2.08. The third-order valence-corrected chi connectivity index (χ3v) is 3.49. The van der Waals surface area contributed by atoms with Crippen LogP contribution in [0.15, 0.2) is 42.5 Å². The second-order valence-electron chi connectivity index (χ2n) is 5.54. The minimum Gasteiger partial charge on any atom is -0.449 e. The molecule has 0 aliphatic heterocycles. The Morgan fingerprint density at radius 3 is 2.46 bits per heavy atom. The van der Waals surface area contributed by atoms with E-state index in [2.05, 4.69) is 5.32 Å². The van der Waals surface area contributed by atoms with E-state index < -0.39 is 51.7 Å². The van der Waals surface area contributed by atoms with Gasteiger partial charge in [0, 0.05) is 11.8 Å². The summed E-state index contributed by atoms with van der Waals surface area (Å²) in [5.41, 5.74) is -2.46. The number of nitro benzene ring substituents is 1. The average molecular weight is 400 g/mol. The van der Waals surface area contributed by atoms with Crippen LogP contribution < -0.4 is 5.32 Å². The number of nitrogens with one attached hydrogen (secondary N) is 1. The van der Waals surface area contributed by atoms with Gasteiger partial charge in [0.05, 0.1) is 16.1 Å². The lowest BCUT2D eigenvalue weighted by Gasteiger charge is -2.14. The average Bonchev–Trinajstić information content (AvgIpc) is 2.62. The van der Waals surface area contributed by atoms with Gasteiger partial charge in [-0.25, -0.2) is 4.79 Å². The van der Waals surface area contributed by atoms with Crippen LogP contribution in [-0.4, -0.2) is 22.9 Å². The molecule has 0 saturated heterocycles. The number of benzene rings is 2. The van der Waals surface area contributed by atoms with Crippen LogP contribution in [0, 0.1) is 15.9 Å². The van der Waals surface area contributed by atoms with Gasteiger partial charge in [0.2, 0.25) is 5.82 Å². The summed E-state index contributed by atoms with van der Waals surface area (Å²) in [5, 5.41) is 12.9. The SMILES string of the molecule is C[C@H](OC(=O)c1cccc(C(F)(F)F)c1)C(=O)Nc1ccc(F)c([N+](=O)[O-])c1. The molecule has 7 nitrogen and oxygen atoms in total. The zero-order chi connectivity index (χ0) is 21.1. The van der Waals surface area contributed by atoms with Gasteiger partial charge < -0.3 is 10.1 Å². The first-order valence-corrected chi connectivity index (χ1v) is 7.62. The Kier molecular flexibility index (Phi) is 5.96. The minimum atomic E-state index is -4.66. The third-order valence-electron chi connectivity index (χ3n) is 3.49. The van der Waals surface area contributed by atoms with Gasteiger partial charge in [-0.2, -0.15) is 17.6 Å². The molecule has 1 atom stereocenters. The fraction of sp³-hybridized carbons (Fsp3) is 0.176. The number of hydrogen-bond acceptors (Lipinski definition) is 5. The van der Waals surface area contributed by atoms with Crippen molar-refractivity contribution in [1.82, 2.24) is 0 Å². The Labute approximate surface area is 155 Å². The monoisotopic (exact) mass is 400 g/mol. The van der Waals surface area contributed by atoms with Crippen LogP contribution in [0.5, 0.6) is 0 Å². The smallest absolute Gasteiger partial charge is 0.416 e. The van der Waals surface area contributed by atoms with Gasteiger partial charge >= 0.3 is 17.8 Å². The Morgan fingerprint density at radius 1 is 1.18 bits per heavy atom. The molecule has 11 heteroatoms. The van der Waals surface area contributed by atoms with E-state index in [0.29, 0.717) is 6.07 Å². The van der Waals surface area contributed by atoms with Crippen molar-refractivity contribution < 1.29 is 36.8 Å². The standard InChI is InChI=1S/C17H12F4N2O5/c1-9(15(24)22-12-5-6-13(18)14(8-12)23(26)27)28-16(25)10-3-2-4-11(7-10)17(19,20)21/h2-9H,1H3,(H,22,24)/t9-/m0/s1. The van der Waals surface area contributed by atoms with E-state index in [-0.39, 0.29) is 5.69 Å². The molecule has 0 fully saturated rings. The summed E-state index contributed by atoms with van der Waals surface area (Å²) in [7, 11) is 0. The number of carbonyl (C=O) groups is 2. The zero-order valence-electron chi connectivity index (χ0n) is 14.1. The predicted octanol–water partition coefficient (Wildman–Crippen LogP) is 3.94. The van der Waals surface area contributed by atoms with Crippen LogP contribution in [-0.2, 0) is 15.7 Å². The van der Waals surface area contributed by atoms with Crippen molar-refractivity contribution >= 4 is 23.3 Å². The lowest BCUT2D eigenvalue weighted by atomic mass is 10.1. The molecule has 0 aromatic heterocycles. The van der Waals surface area contributed by atoms with Crippen LogP contribution in [0.25, 0.3) is 0 Å². The summed E-state index contributed by atoms with van der Waals surface area (Å²) in [4.78, 5) is 33.7. The van der Waals surface area contributed by atoms with Crippen molar-refractivity contribution in [1.29, 1.82) is 0 Å².